The van der Waals surface area contributed by atoms with Crippen molar-refractivity contribution < 1.29 is 33.2 Å². The standard InChI is InChI=1S/C29H39N3O7/c1-28(2)35-18-22(37-28)23-24-25(39-29(3,4)38-24)26(36-23)34-17-16-31-12-14-32(15-13-31)27(33)30-21-11-7-9-19-8-5-6-10-20(19)21/h5-11,22-26H,12-18H2,1-4H3,(H,30,33)/t22?,23-,24+,25+,26+/m1/s1. The van der Waals surface area contributed by atoms with Crippen LogP contribution in [0.4, 0.5) is 10.5 Å². The van der Waals surface area contributed by atoms with Crippen LogP contribution in [0.5, 0.6) is 0 Å². The van der Waals surface area contributed by atoms with Gasteiger partial charge in [-0.3, -0.25) is 4.90 Å². The van der Waals surface area contributed by atoms with Crippen molar-refractivity contribution in [1.82, 2.24) is 9.80 Å². The lowest BCUT2D eigenvalue weighted by Crippen LogP contribution is -2.50. The number of amides is 2. The molecule has 0 aromatic heterocycles. The summed E-state index contributed by atoms with van der Waals surface area (Å²) < 4.78 is 36.6. The Hall–Kier alpha value is -2.31. The Morgan fingerprint density at radius 1 is 0.923 bits per heavy atom. The molecular formula is C29H39N3O7. The average Bonchev–Trinajstić information content (AvgIpc) is 3.54. The van der Waals surface area contributed by atoms with Gasteiger partial charge in [0.15, 0.2) is 17.9 Å². The molecule has 4 aliphatic rings. The molecule has 212 valence electrons. The SMILES string of the molecule is CC1(C)OCC([C@H]2O[C@H](OCCN3CCN(C(=O)Nc4cccc5ccccc45)CC3)[C@H]3OC(C)(C)O[C@H]32)O1. The number of piperazine rings is 1. The van der Waals surface area contributed by atoms with Crippen molar-refractivity contribution in [3.63, 3.8) is 0 Å². The van der Waals surface area contributed by atoms with E-state index >= 15 is 0 Å². The number of benzene rings is 2. The van der Waals surface area contributed by atoms with Gasteiger partial charge in [0.1, 0.15) is 24.4 Å². The molecule has 10 heteroatoms. The van der Waals surface area contributed by atoms with Crippen LogP contribution in [0, 0.1) is 0 Å². The van der Waals surface area contributed by atoms with E-state index in [2.05, 4.69) is 10.2 Å². The van der Waals surface area contributed by atoms with E-state index < -0.39 is 17.9 Å². The van der Waals surface area contributed by atoms with Gasteiger partial charge in [0, 0.05) is 38.1 Å². The van der Waals surface area contributed by atoms with E-state index in [1.807, 2.05) is 75.1 Å². The minimum atomic E-state index is -0.711. The summed E-state index contributed by atoms with van der Waals surface area (Å²) in [5, 5.41) is 5.24. The van der Waals surface area contributed by atoms with Crippen molar-refractivity contribution in [2.45, 2.75) is 70.0 Å². The quantitative estimate of drug-likeness (QED) is 0.595. The molecule has 6 rings (SSSR count). The van der Waals surface area contributed by atoms with E-state index in [0.717, 1.165) is 36.1 Å². The smallest absolute Gasteiger partial charge is 0.321 e. The van der Waals surface area contributed by atoms with Crippen LogP contribution in [0.25, 0.3) is 10.8 Å². The van der Waals surface area contributed by atoms with Gasteiger partial charge in [-0.15, -0.1) is 0 Å². The first-order chi connectivity index (χ1) is 18.7. The van der Waals surface area contributed by atoms with Gasteiger partial charge in [0.25, 0.3) is 0 Å². The zero-order chi connectivity index (χ0) is 27.2. The van der Waals surface area contributed by atoms with Gasteiger partial charge >= 0.3 is 6.03 Å². The highest BCUT2D eigenvalue weighted by Crippen LogP contribution is 2.42. The van der Waals surface area contributed by atoms with Crippen molar-refractivity contribution in [2.75, 3.05) is 51.3 Å². The number of hydrogen-bond acceptors (Lipinski definition) is 8. The molecule has 0 bridgehead atoms. The number of nitrogens with zero attached hydrogens (tertiary/aromatic N) is 2. The van der Waals surface area contributed by atoms with Gasteiger partial charge in [-0.1, -0.05) is 36.4 Å². The number of carbonyl (C=O) groups excluding carboxylic acids is 1. The van der Waals surface area contributed by atoms with Crippen LogP contribution in [0.1, 0.15) is 27.7 Å². The molecule has 4 saturated heterocycles. The molecule has 4 aliphatic heterocycles. The Balaban J connectivity index is 0.978. The largest absolute Gasteiger partial charge is 0.349 e. The van der Waals surface area contributed by atoms with Crippen LogP contribution in [0.15, 0.2) is 42.5 Å². The lowest BCUT2D eigenvalue weighted by atomic mass is 10.1. The molecule has 0 aliphatic carbocycles. The monoisotopic (exact) mass is 541 g/mol. The molecular weight excluding hydrogens is 502 g/mol. The zero-order valence-electron chi connectivity index (χ0n) is 23.1. The lowest BCUT2D eigenvalue weighted by Gasteiger charge is -2.35. The van der Waals surface area contributed by atoms with Crippen LogP contribution in [0.2, 0.25) is 0 Å². The van der Waals surface area contributed by atoms with Gasteiger partial charge in [0.2, 0.25) is 0 Å². The molecule has 1 unspecified atom stereocenters. The first-order valence-corrected chi connectivity index (χ1v) is 13.9. The second-order valence-electron chi connectivity index (χ2n) is 11.6. The fraction of sp³-hybridized carbons (Fsp3) is 0.621. The molecule has 0 radical (unpaired) electrons. The first kappa shape index (κ1) is 26.9. The topological polar surface area (TPSA) is 91.0 Å². The van der Waals surface area contributed by atoms with Crippen LogP contribution in [-0.2, 0) is 28.4 Å². The van der Waals surface area contributed by atoms with Gasteiger partial charge < -0.3 is 38.6 Å². The third-order valence-electron chi connectivity index (χ3n) is 7.82. The van der Waals surface area contributed by atoms with E-state index in [0.29, 0.717) is 26.3 Å². The maximum absolute atomic E-state index is 13.0. The highest BCUT2D eigenvalue weighted by molar-refractivity contribution is 6.01. The molecule has 1 N–H and O–H groups in total. The van der Waals surface area contributed by atoms with Crippen molar-refractivity contribution in [2.24, 2.45) is 0 Å². The van der Waals surface area contributed by atoms with Crippen LogP contribution in [0.3, 0.4) is 0 Å². The molecule has 2 aromatic rings. The van der Waals surface area contributed by atoms with Crippen molar-refractivity contribution >= 4 is 22.5 Å². The van der Waals surface area contributed by atoms with Crippen molar-refractivity contribution in [1.29, 1.82) is 0 Å². The second-order valence-corrected chi connectivity index (χ2v) is 11.6. The summed E-state index contributed by atoms with van der Waals surface area (Å²) in [6.45, 7) is 12.1. The van der Waals surface area contributed by atoms with Crippen molar-refractivity contribution in [3.8, 4) is 0 Å². The fourth-order valence-electron chi connectivity index (χ4n) is 5.90. The van der Waals surface area contributed by atoms with Crippen LogP contribution >= 0.6 is 0 Å². The van der Waals surface area contributed by atoms with Gasteiger partial charge in [0.05, 0.1) is 18.9 Å². The van der Waals surface area contributed by atoms with E-state index in [1.54, 1.807) is 0 Å². The van der Waals surface area contributed by atoms with Crippen molar-refractivity contribution in [3.05, 3.63) is 42.5 Å². The maximum atomic E-state index is 13.0. The van der Waals surface area contributed by atoms with E-state index in [4.69, 9.17) is 28.4 Å². The normalized spacial score (nSPS) is 32.0. The number of anilines is 1. The van der Waals surface area contributed by atoms with Gasteiger partial charge in [-0.2, -0.15) is 0 Å². The third-order valence-corrected chi connectivity index (χ3v) is 7.82. The Morgan fingerprint density at radius 2 is 1.67 bits per heavy atom. The molecule has 0 spiro atoms. The van der Waals surface area contributed by atoms with Gasteiger partial charge in [-0.05, 0) is 39.1 Å². The molecule has 0 saturated carbocycles. The molecule has 2 amide bonds. The summed E-state index contributed by atoms with van der Waals surface area (Å²) in [6, 6.07) is 14.0. The Labute approximate surface area is 229 Å². The summed E-state index contributed by atoms with van der Waals surface area (Å²) in [7, 11) is 0. The Morgan fingerprint density at radius 3 is 2.44 bits per heavy atom. The summed E-state index contributed by atoms with van der Waals surface area (Å²) in [6.07, 6.45) is -1.72. The summed E-state index contributed by atoms with van der Waals surface area (Å²) in [4.78, 5) is 17.1. The highest BCUT2D eigenvalue weighted by atomic mass is 16.8. The minimum Gasteiger partial charge on any atom is -0.349 e. The molecule has 10 nitrogen and oxygen atoms in total. The Bertz CT molecular complexity index is 1180. The second kappa shape index (κ2) is 10.6. The molecule has 2 aromatic carbocycles. The number of ether oxygens (including phenoxy) is 6. The summed E-state index contributed by atoms with van der Waals surface area (Å²) >= 11 is 0. The Kier molecular flexibility index (Phi) is 7.30. The zero-order valence-corrected chi connectivity index (χ0v) is 23.1. The average molecular weight is 542 g/mol. The first-order valence-electron chi connectivity index (χ1n) is 13.9. The third kappa shape index (κ3) is 5.78. The van der Waals surface area contributed by atoms with E-state index in [1.165, 1.54) is 0 Å². The number of nitrogens with one attached hydrogen (secondary N) is 1. The number of rotatable bonds is 6. The molecule has 4 heterocycles. The lowest BCUT2D eigenvalue weighted by molar-refractivity contribution is -0.248. The highest BCUT2D eigenvalue weighted by Gasteiger charge is 2.59. The van der Waals surface area contributed by atoms with E-state index in [-0.39, 0.29) is 30.4 Å². The number of urea groups is 1. The number of fused-ring (bicyclic) bond motifs is 2. The van der Waals surface area contributed by atoms with Crippen LogP contribution < -0.4 is 5.32 Å². The molecule has 4 fully saturated rings. The number of carbonyl (C=O) groups is 1. The fourth-order valence-corrected chi connectivity index (χ4v) is 5.90. The molecule has 39 heavy (non-hydrogen) atoms. The molecule has 5 atom stereocenters. The predicted octanol–water partition coefficient (Wildman–Crippen LogP) is 3.40. The summed E-state index contributed by atoms with van der Waals surface area (Å²) in [5.74, 6) is -1.36. The predicted molar refractivity (Wildman–Crippen MR) is 144 cm³/mol. The minimum absolute atomic E-state index is 0.0685. The van der Waals surface area contributed by atoms with E-state index in [9.17, 15) is 4.79 Å². The maximum Gasteiger partial charge on any atom is 0.321 e. The number of hydrogen-bond donors (Lipinski definition) is 1. The van der Waals surface area contributed by atoms with Gasteiger partial charge in [-0.25, -0.2) is 4.79 Å². The van der Waals surface area contributed by atoms with Crippen LogP contribution in [-0.4, -0.2) is 104 Å². The summed E-state index contributed by atoms with van der Waals surface area (Å²) in [5.41, 5.74) is 0.835.